The van der Waals surface area contributed by atoms with Crippen molar-refractivity contribution in [3.8, 4) is 12.1 Å². The lowest BCUT2D eigenvalue weighted by Crippen LogP contribution is -2.05. The van der Waals surface area contributed by atoms with Crippen LogP contribution in [0, 0.1) is 22.7 Å². The summed E-state index contributed by atoms with van der Waals surface area (Å²) in [6.45, 7) is 1.99. The summed E-state index contributed by atoms with van der Waals surface area (Å²) in [6.07, 6.45) is 3.74. The van der Waals surface area contributed by atoms with E-state index in [1.165, 1.54) is 0 Å². The summed E-state index contributed by atoms with van der Waals surface area (Å²) in [6, 6.07) is 3.63. The van der Waals surface area contributed by atoms with Crippen LogP contribution in [0.5, 0.6) is 0 Å². The van der Waals surface area contributed by atoms with Gasteiger partial charge in [-0.3, -0.25) is 0 Å². The highest BCUT2D eigenvalue weighted by molar-refractivity contribution is 5.35. The smallest absolute Gasteiger partial charge is 0.128 e. The fourth-order valence-electron chi connectivity index (χ4n) is 1.24. The lowest BCUT2D eigenvalue weighted by molar-refractivity contribution is 0.0831. The Morgan fingerprint density at radius 2 is 2.08 bits per heavy atom. The van der Waals surface area contributed by atoms with E-state index in [4.69, 9.17) is 15.3 Å². The lowest BCUT2D eigenvalue weighted by atomic mass is 10.1. The summed E-state index contributed by atoms with van der Waals surface area (Å²) in [5, 5.41) is 16.9. The first kappa shape index (κ1) is 8.77. The molecule has 0 aliphatic carbocycles. The summed E-state index contributed by atoms with van der Waals surface area (Å²) in [5.41, 5.74) is 0.147. The third kappa shape index (κ3) is 2.08. The van der Waals surface area contributed by atoms with Gasteiger partial charge in [0.1, 0.15) is 17.7 Å². The van der Waals surface area contributed by atoms with E-state index in [1.54, 1.807) is 6.08 Å². The molecule has 1 heterocycles. The van der Waals surface area contributed by atoms with Gasteiger partial charge in [-0.15, -0.1) is 0 Å². The second-order valence-corrected chi connectivity index (χ2v) is 2.87. The van der Waals surface area contributed by atoms with Gasteiger partial charge in [-0.25, -0.2) is 0 Å². The Bertz CT molecular complexity index is 253. The molecule has 0 spiro atoms. The Morgan fingerprint density at radius 1 is 1.42 bits per heavy atom. The van der Waals surface area contributed by atoms with E-state index in [-0.39, 0.29) is 17.8 Å². The molecule has 0 saturated carbocycles. The molecule has 0 amide bonds. The number of hydrogen-bond acceptors (Lipinski definition) is 3. The van der Waals surface area contributed by atoms with Gasteiger partial charge in [-0.05, 0) is 25.8 Å². The Labute approximate surface area is 71.9 Å². The van der Waals surface area contributed by atoms with E-state index in [9.17, 15) is 0 Å². The van der Waals surface area contributed by atoms with Gasteiger partial charge in [0.15, 0.2) is 0 Å². The zero-order valence-corrected chi connectivity index (χ0v) is 6.95. The highest BCUT2D eigenvalue weighted by Crippen LogP contribution is 2.20. The molecule has 12 heavy (non-hydrogen) atoms. The minimum atomic E-state index is -0.0331. The minimum absolute atomic E-state index is 0.0331. The first-order valence-corrected chi connectivity index (χ1v) is 3.93. The topological polar surface area (TPSA) is 56.8 Å². The molecule has 62 valence electrons. The van der Waals surface area contributed by atoms with Crippen LogP contribution in [0.3, 0.4) is 0 Å². The molecule has 2 unspecified atom stereocenters. The van der Waals surface area contributed by atoms with Crippen molar-refractivity contribution >= 4 is 0 Å². The SMILES string of the molecule is CC1CCC(C=C(C#N)C#N)O1. The second kappa shape index (κ2) is 3.90. The number of hydrogen-bond donors (Lipinski definition) is 0. The van der Waals surface area contributed by atoms with Gasteiger partial charge in [-0.2, -0.15) is 10.5 Å². The van der Waals surface area contributed by atoms with Crippen LogP contribution in [0.4, 0.5) is 0 Å². The molecule has 3 heteroatoms. The van der Waals surface area contributed by atoms with Crippen LogP contribution in [0.25, 0.3) is 0 Å². The molecule has 1 fully saturated rings. The maximum absolute atomic E-state index is 8.46. The predicted molar refractivity (Wildman–Crippen MR) is 42.9 cm³/mol. The quantitative estimate of drug-likeness (QED) is 0.549. The number of nitriles is 2. The monoisotopic (exact) mass is 162 g/mol. The Kier molecular flexibility index (Phi) is 2.85. The van der Waals surface area contributed by atoms with Gasteiger partial charge >= 0.3 is 0 Å². The summed E-state index contributed by atoms with van der Waals surface area (Å²) in [7, 11) is 0. The minimum Gasteiger partial charge on any atom is -0.371 e. The van der Waals surface area contributed by atoms with Gasteiger partial charge in [0.05, 0.1) is 12.2 Å². The molecule has 0 aromatic heterocycles. The molecule has 1 saturated heterocycles. The fourth-order valence-corrected chi connectivity index (χ4v) is 1.24. The van der Waals surface area contributed by atoms with Gasteiger partial charge in [0.25, 0.3) is 0 Å². The van der Waals surface area contributed by atoms with Crippen molar-refractivity contribution in [1.29, 1.82) is 10.5 Å². The number of nitrogens with zero attached hydrogens (tertiary/aromatic N) is 2. The van der Waals surface area contributed by atoms with Crippen LogP contribution in [-0.4, -0.2) is 12.2 Å². The molecule has 1 aliphatic heterocycles. The highest BCUT2D eigenvalue weighted by atomic mass is 16.5. The van der Waals surface area contributed by atoms with E-state index in [1.807, 2.05) is 19.1 Å². The summed E-state index contributed by atoms with van der Waals surface area (Å²) >= 11 is 0. The largest absolute Gasteiger partial charge is 0.371 e. The first-order valence-electron chi connectivity index (χ1n) is 3.93. The molecule has 0 radical (unpaired) electrons. The van der Waals surface area contributed by atoms with Crippen LogP contribution >= 0.6 is 0 Å². The van der Waals surface area contributed by atoms with E-state index in [0.717, 1.165) is 12.8 Å². The number of ether oxygens (including phenoxy) is 1. The molecule has 2 atom stereocenters. The molecule has 1 rings (SSSR count). The fraction of sp³-hybridized carbons (Fsp3) is 0.556. The third-order valence-electron chi connectivity index (χ3n) is 1.86. The van der Waals surface area contributed by atoms with E-state index in [2.05, 4.69) is 0 Å². The average Bonchev–Trinajstić information content (AvgIpc) is 2.47. The zero-order chi connectivity index (χ0) is 8.97. The van der Waals surface area contributed by atoms with Crippen molar-refractivity contribution in [1.82, 2.24) is 0 Å². The molecule has 1 aliphatic rings. The van der Waals surface area contributed by atoms with Gasteiger partial charge in [0.2, 0.25) is 0 Å². The van der Waals surface area contributed by atoms with Crippen LogP contribution in [0.1, 0.15) is 19.8 Å². The van der Waals surface area contributed by atoms with Crippen molar-refractivity contribution in [2.75, 3.05) is 0 Å². The summed E-state index contributed by atoms with van der Waals surface area (Å²) in [5.74, 6) is 0. The van der Waals surface area contributed by atoms with E-state index < -0.39 is 0 Å². The molecule has 3 nitrogen and oxygen atoms in total. The number of rotatable bonds is 1. The van der Waals surface area contributed by atoms with Crippen molar-refractivity contribution < 1.29 is 4.74 Å². The van der Waals surface area contributed by atoms with E-state index >= 15 is 0 Å². The lowest BCUT2D eigenvalue weighted by Gasteiger charge is -2.04. The number of allylic oxidation sites excluding steroid dienone is 1. The maximum atomic E-state index is 8.46. The normalized spacial score (nSPS) is 27.2. The van der Waals surface area contributed by atoms with Gasteiger partial charge in [0, 0.05) is 0 Å². The predicted octanol–water partition coefficient (Wildman–Crippen LogP) is 1.53. The van der Waals surface area contributed by atoms with Crippen molar-refractivity contribution in [3.63, 3.8) is 0 Å². The Hall–Kier alpha value is -1.32. The van der Waals surface area contributed by atoms with Gasteiger partial charge < -0.3 is 4.74 Å². The molecule has 0 aromatic carbocycles. The Morgan fingerprint density at radius 3 is 2.50 bits per heavy atom. The summed E-state index contributed by atoms with van der Waals surface area (Å²) in [4.78, 5) is 0. The maximum Gasteiger partial charge on any atom is 0.128 e. The van der Waals surface area contributed by atoms with Crippen molar-refractivity contribution in [2.45, 2.75) is 32.0 Å². The van der Waals surface area contributed by atoms with Crippen LogP contribution in [0.15, 0.2) is 11.6 Å². The highest BCUT2D eigenvalue weighted by Gasteiger charge is 2.20. The van der Waals surface area contributed by atoms with E-state index in [0.29, 0.717) is 0 Å². The van der Waals surface area contributed by atoms with Crippen LogP contribution in [-0.2, 0) is 4.74 Å². The van der Waals surface area contributed by atoms with Crippen LogP contribution in [0.2, 0.25) is 0 Å². The van der Waals surface area contributed by atoms with Crippen LogP contribution < -0.4 is 0 Å². The summed E-state index contributed by atoms with van der Waals surface area (Å²) < 4.78 is 5.42. The Balaban J connectivity index is 2.58. The molecular weight excluding hydrogens is 152 g/mol. The first-order chi connectivity index (χ1) is 5.76. The average molecular weight is 162 g/mol. The van der Waals surface area contributed by atoms with Crippen molar-refractivity contribution in [3.05, 3.63) is 11.6 Å². The third-order valence-corrected chi connectivity index (χ3v) is 1.86. The molecular formula is C9H10N2O. The molecule has 0 aromatic rings. The van der Waals surface area contributed by atoms with Gasteiger partial charge in [-0.1, -0.05) is 0 Å². The standard InChI is InChI=1S/C9H10N2O/c1-7-2-3-9(12-7)4-8(5-10)6-11/h4,7,9H,2-3H2,1H3. The zero-order valence-electron chi connectivity index (χ0n) is 6.95. The second-order valence-electron chi connectivity index (χ2n) is 2.87. The van der Waals surface area contributed by atoms with Crippen molar-refractivity contribution in [2.24, 2.45) is 0 Å². The molecule has 0 N–H and O–H groups in total. The molecule has 0 bridgehead atoms.